The summed E-state index contributed by atoms with van der Waals surface area (Å²) in [6.45, 7) is 10.7. The van der Waals surface area contributed by atoms with Gasteiger partial charge >= 0.3 is 5.97 Å². The number of carboxylic acid groups (broad SMARTS) is 1. The van der Waals surface area contributed by atoms with Gasteiger partial charge in [-0.25, -0.2) is 4.68 Å². The van der Waals surface area contributed by atoms with Gasteiger partial charge in [0.15, 0.2) is 0 Å². The minimum atomic E-state index is -0.819. The predicted molar refractivity (Wildman–Crippen MR) is 95.6 cm³/mol. The lowest BCUT2D eigenvalue weighted by Gasteiger charge is -2.23. The summed E-state index contributed by atoms with van der Waals surface area (Å²) < 4.78 is 1.88. The number of aromatic nitrogens is 2. The molecule has 2 aromatic rings. The number of hydrogen-bond donors (Lipinski definition) is 1. The smallest absolute Gasteiger partial charge is 0.320 e. The number of nitrogens with zero attached hydrogens (tertiary/aromatic N) is 3. The lowest BCUT2D eigenvalue weighted by atomic mass is 9.89. The first-order chi connectivity index (χ1) is 11.1. The molecule has 5 nitrogen and oxygen atoms in total. The van der Waals surface area contributed by atoms with E-state index in [0.717, 1.165) is 16.9 Å². The first-order valence-electron chi connectivity index (χ1n) is 8.18. The van der Waals surface area contributed by atoms with Crippen molar-refractivity contribution in [1.82, 2.24) is 14.7 Å². The Morgan fingerprint density at radius 3 is 2.38 bits per heavy atom. The second-order valence-corrected chi connectivity index (χ2v) is 7.46. The van der Waals surface area contributed by atoms with E-state index in [0.29, 0.717) is 6.54 Å². The van der Waals surface area contributed by atoms with Gasteiger partial charge in [0.2, 0.25) is 0 Å². The summed E-state index contributed by atoms with van der Waals surface area (Å²) in [6, 6.07) is 7.67. The van der Waals surface area contributed by atoms with Crippen LogP contribution in [0.5, 0.6) is 0 Å². The maximum absolute atomic E-state index is 11.2. The summed E-state index contributed by atoms with van der Waals surface area (Å²) in [5.74, 6) is -0.819. The van der Waals surface area contributed by atoms with Crippen LogP contribution in [-0.2, 0) is 16.8 Å². The van der Waals surface area contributed by atoms with E-state index in [2.05, 4.69) is 39.8 Å². The van der Waals surface area contributed by atoms with E-state index >= 15 is 0 Å². The first kappa shape index (κ1) is 18.2. The van der Waals surface area contributed by atoms with E-state index in [9.17, 15) is 9.90 Å². The molecular weight excluding hydrogens is 302 g/mol. The normalized spacial score (nSPS) is 13.3. The van der Waals surface area contributed by atoms with Crippen molar-refractivity contribution < 1.29 is 9.90 Å². The van der Waals surface area contributed by atoms with Gasteiger partial charge in [-0.05, 0) is 33.0 Å². The molecule has 0 fully saturated rings. The zero-order valence-corrected chi connectivity index (χ0v) is 15.4. The van der Waals surface area contributed by atoms with Crippen LogP contribution >= 0.6 is 0 Å². The number of aliphatic carboxylic acids is 1. The Morgan fingerprint density at radius 2 is 1.88 bits per heavy atom. The zero-order valence-electron chi connectivity index (χ0n) is 15.4. The Kier molecular flexibility index (Phi) is 5.13. The number of carbonyl (C=O) groups is 1. The highest BCUT2D eigenvalue weighted by Gasteiger charge is 2.25. The Balaban J connectivity index is 2.39. The van der Waals surface area contributed by atoms with Gasteiger partial charge in [0.25, 0.3) is 0 Å². The molecule has 0 spiro atoms. The summed E-state index contributed by atoms with van der Waals surface area (Å²) in [7, 11) is 1.83. The van der Waals surface area contributed by atoms with Crippen molar-refractivity contribution in [3.8, 4) is 5.69 Å². The van der Waals surface area contributed by atoms with E-state index in [1.165, 1.54) is 5.56 Å². The standard InChI is InChI=1S/C19H27N3O2/c1-13-7-9-16(10-8-13)22-12-15(17(20-22)19(3,4)5)11-21(6)14(2)18(23)24/h7-10,12,14H,11H2,1-6H3,(H,23,24). The lowest BCUT2D eigenvalue weighted by Crippen LogP contribution is -2.35. The summed E-state index contributed by atoms with van der Waals surface area (Å²) in [4.78, 5) is 13.0. The van der Waals surface area contributed by atoms with Gasteiger partial charge in [0.1, 0.15) is 6.04 Å². The van der Waals surface area contributed by atoms with Crippen LogP contribution in [0.3, 0.4) is 0 Å². The molecule has 5 heteroatoms. The molecule has 0 aliphatic carbocycles. The number of aryl methyl sites for hydroxylation is 1. The van der Waals surface area contributed by atoms with Crippen molar-refractivity contribution in [1.29, 1.82) is 0 Å². The van der Waals surface area contributed by atoms with E-state index in [1.54, 1.807) is 6.92 Å². The van der Waals surface area contributed by atoms with Crippen molar-refractivity contribution in [2.75, 3.05) is 7.05 Å². The van der Waals surface area contributed by atoms with E-state index < -0.39 is 12.0 Å². The van der Waals surface area contributed by atoms with Crippen molar-refractivity contribution in [2.24, 2.45) is 0 Å². The summed E-state index contributed by atoms with van der Waals surface area (Å²) in [6.07, 6.45) is 2.01. The molecule has 1 aromatic carbocycles. The zero-order chi connectivity index (χ0) is 18.1. The molecule has 2 rings (SSSR count). The minimum absolute atomic E-state index is 0.113. The third-order valence-corrected chi connectivity index (χ3v) is 4.24. The Morgan fingerprint density at radius 1 is 1.29 bits per heavy atom. The molecule has 130 valence electrons. The van der Waals surface area contributed by atoms with Crippen molar-refractivity contribution >= 4 is 5.97 Å². The van der Waals surface area contributed by atoms with Crippen molar-refractivity contribution in [3.63, 3.8) is 0 Å². The SMILES string of the molecule is Cc1ccc(-n2cc(CN(C)C(C)C(=O)O)c(C(C)(C)C)n2)cc1. The number of likely N-dealkylation sites (N-methyl/N-ethyl adjacent to an activating group) is 1. The van der Waals surface area contributed by atoms with Gasteiger partial charge in [-0.3, -0.25) is 9.69 Å². The average Bonchev–Trinajstić information content (AvgIpc) is 2.91. The van der Waals surface area contributed by atoms with Crippen LogP contribution in [0.15, 0.2) is 30.5 Å². The molecule has 1 N–H and O–H groups in total. The molecule has 1 heterocycles. The fraction of sp³-hybridized carbons (Fsp3) is 0.474. The molecule has 0 bridgehead atoms. The Bertz CT molecular complexity index is 711. The van der Waals surface area contributed by atoms with Gasteiger partial charge in [-0.15, -0.1) is 0 Å². The first-order valence-corrected chi connectivity index (χ1v) is 8.18. The van der Waals surface area contributed by atoms with E-state index in [1.807, 2.05) is 35.0 Å². The number of hydrogen-bond acceptors (Lipinski definition) is 3. The second kappa shape index (κ2) is 6.77. The third-order valence-electron chi connectivity index (χ3n) is 4.24. The molecule has 1 unspecified atom stereocenters. The fourth-order valence-electron chi connectivity index (χ4n) is 2.58. The largest absolute Gasteiger partial charge is 0.480 e. The third kappa shape index (κ3) is 4.03. The lowest BCUT2D eigenvalue weighted by molar-refractivity contribution is -0.142. The second-order valence-electron chi connectivity index (χ2n) is 7.46. The number of rotatable bonds is 5. The van der Waals surface area contributed by atoms with Crippen LogP contribution in [0.25, 0.3) is 5.69 Å². The summed E-state index contributed by atoms with van der Waals surface area (Å²) >= 11 is 0. The van der Waals surface area contributed by atoms with Crippen LogP contribution in [0.1, 0.15) is 44.5 Å². The van der Waals surface area contributed by atoms with Crippen LogP contribution < -0.4 is 0 Å². The topological polar surface area (TPSA) is 58.4 Å². The van der Waals surface area contributed by atoms with Crippen LogP contribution in [0.4, 0.5) is 0 Å². The average molecular weight is 329 g/mol. The number of carboxylic acids is 1. The fourth-order valence-corrected chi connectivity index (χ4v) is 2.58. The van der Waals surface area contributed by atoms with Crippen molar-refractivity contribution in [3.05, 3.63) is 47.3 Å². The molecule has 0 radical (unpaired) electrons. The quantitative estimate of drug-likeness (QED) is 0.913. The van der Waals surface area contributed by atoms with E-state index in [-0.39, 0.29) is 5.41 Å². The van der Waals surface area contributed by atoms with Gasteiger partial charge in [-0.1, -0.05) is 38.5 Å². The Hall–Kier alpha value is -2.14. The van der Waals surface area contributed by atoms with Crippen LogP contribution in [-0.4, -0.2) is 38.8 Å². The Labute approximate surface area is 143 Å². The molecule has 0 saturated heterocycles. The van der Waals surface area contributed by atoms with Gasteiger partial charge in [0, 0.05) is 23.7 Å². The highest BCUT2D eigenvalue weighted by atomic mass is 16.4. The van der Waals surface area contributed by atoms with Crippen LogP contribution in [0, 0.1) is 6.92 Å². The van der Waals surface area contributed by atoms with E-state index in [4.69, 9.17) is 5.10 Å². The summed E-state index contributed by atoms with van der Waals surface area (Å²) in [5.41, 5.74) is 4.15. The molecule has 0 amide bonds. The van der Waals surface area contributed by atoms with Gasteiger partial charge < -0.3 is 5.11 Å². The minimum Gasteiger partial charge on any atom is -0.480 e. The molecular formula is C19H27N3O2. The highest BCUT2D eigenvalue weighted by molar-refractivity contribution is 5.72. The van der Waals surface area contributed by atoms with Gasteiger partial charge in [0.05, 0.1) is 11.4 Å². The monoisotopic (exact) mass is 329 g/mol. The highest BCUT2D eigenvalue weighted by Crippen LogP contribution is 2.27. The molecule has 0 saturated carbocycles. The maximum Gasteiger partial charge on any atom is 0.320 e. The predicted octanol–water partition coefficient (Wildman–Crippen LogP) is 3.38. The van der Waals surface area contributed by atoms with Crippen molar-refractivity contribution in [2.45, 2.75) is 52.6 Å². The maximum atomic E-state index is 11.2. The van der Waals surface area contributed by atoms with Crippen LogP contribution in [0.2, 0.25) is 0 Å². The molecule has 1 aromatic heterocycles. The molecule has 1 atom stereocenters. The number of benzene rings is 1. The molecule has 0 aliphatic heterocycles. The van der Waals surface area contributed by atoms with Gasteiger partial charge in [-0.2, -0.15) is 5.10 Å². The summed E-state index contributed by atoms with van der Waals surface area (Å²) in [5, 5.41) is 14.0. The molecule has 24 heavy (non-hydrogen) atoms. The molecule has 0 aliphatic rings.